The SMILES string of the molecule is Cc1ccc(C)c(NC(=S)NNC(=O)c2sc(-c3ccccc3)nc2C)c1. The van der Waals surface area contributed by atoms with E-state index in [1.165, 1.54) is 11.3 Å². The number of amides is 1. The Bertz CT molecular complexity index is 983. The van der Waals surface area contributed by atoms with Crippen molar-refractivity contribution in [1.29, 1.82) is 0 Å². The Morgan fingerprint density at radius 2 is 1.78 bits per heavy atom. The number of anilines is 1. The van der Waals surface area contributed by atoms with Crippen LogP contribution in [0.15, 0.2) is 48.5 Å². The number of thiocarbonyl (C=S) groups is 1. The zero-order valence-corrected chi connectivity index (χ0v) is 16.9. The lowest BCUT2D eigenvalue weighted by molar-refractivity contribution is 0.0947. The van der Waals surface area contributed by atoms with Crippen LogP contribution in [0.2, 0.25) is 0 Å². The van der Waals surface area contributed by atoms with Crippen molar-refractivity contribution in [3.8, 4) is 10.6 Å². The molecule has 0 spiro atoms. The van der Waals surface area contributed by atoms with Gasteiger partial charge in [-0.25, -0.2) is 4.98 Å². The molecule has 27 heavy (non-hydrogen) atoms. The average molecular weight is 397 g/mol. The molecular formula is C20H20N4OS2. The number of hydrogen-bond donors (Lipinski definition) is 3. The van der Waals surface area contributed by atoms with Gasteiger partial charge in [0.2, 0.25) is 0 Å². The van der Waals surface area contributed by atoms with Crippen molar-refractivity contribution in [2.75, 3.05) is 5.32 Å². The Labute approximate surface area is 167 Å². The maximum Gasteiger partial charge on any atom is 0.281 e. The summed E-state index contributed by atoms with van der Waals surface area (Å²) >= 11 is 6.63. The maximum atomic E-state index is 12.5. The molecule has 0 atom stereocenters. The van der Waals surface area contributed by atoms with Gasteiger partial charge in [-0.3, -0.25) is 15.6 Å². The van der Waals surface area contributed by atoms with E-state index in [-0.39, 0.29) is 5.91 Å². The Hall–Kier alpha value is -2.77. The van der Waals surface area contributed by atoms with Gasteiger partial charge in [0, 0.05) is 11.3 Å². The molecule has 0 fully saturated rings. The highest BCUT2D eigenvalue weighted by Crippen LogP contribution is 2.27. The van der Waals surface area contributed by atoms with Gasteiger partial charge in [0.25, 0.3) is 5.91 Å². The molecule has 3 N–H and O–H groups in total. The van der Waals surface area contributed by atoms with Gasteiger partial charge in [0.05, 0.1) is 5.69 Å². The lowest BCUT2D eigenvalue weighted by Gasteiger charge is -2.13. The fourth-order valence-electron chi connectivity index (χ4n) is 2.51. The van der Waals surface area contributed by atoms with Gasteiger partial charge in [0.15, 0.2) is 5.11 Å². The Kier molecular flexibility index (Phi) is 5.83. The van der Waals surface area contributed by atoms with Crippen LogP contribution in [0.25, 0.3) is 10.6 Å². The molecule has 1 heterocycles. The smallest absolute Gasteiger partial charge is 0.281 e. The highest BCUT2D eigenvalue weighted by molar-refractivity contribution is 7.80. The van der Waals surface area contributed by atoms with E-state index in [2.05, 4.69) is 21.2 Å². The molecule has 2 aromatic carbocycles. The Balaban J connectivity index is 1.63. The summed E-state index contributed by atoms with van der Waals surface area (Å²) in [4.78, 5) is 17.5. The summed E-state index contributed by atoms with van der Waals surface area (Å²) in [5.74, 6) is -0.266. The second-order valence-corrected chi connectivity index (χ2v) is 7.56. The average Bonchev–Trinajstić information content (AvgIpc) is 3.05. The molecule has 3 aromatic rings. The van der Waals surface area contributed by atoms with Crippen LogP contribution in [-0.2, 0) is 0 Å². The van der Waals surface area contributed by atoms with Crippen LogP contribution in [-0.4, -0.2) is 16.0 Å². The fourth-order valence-corrected chi connectivity index (χ4v) is 3.63. The number of nitrogens with one attached hydrogen (secondary N) is 3. The summed E-state index contributed by atoms with van der Waals surface area (Å²) in [6.07, 6.45) is 0. The Morgan fingerprint density at radius 1 is 1.04 bits per heavy atom. The minimum Gasteiger partial charge on any atom is -0.331 e. The molecule has 138 valence electrons. The summed E-state index contributed by atoms with van der Waals surface area (Å²) in [7, 11) is 0. The minimum absolute atomic E-state index is 0.266. The van der Waals surface area contributed by atoms with E-state index in [0.29, 0.717) is 15.7 Å². The third-order valence-corrected chi connectivity index (χ3v) is 5.36. The van der Waals surface area contributed by atoms with E-state index in [0.717, 1.165) is 27.4 Å². The third kappa shape index (κ3) is 4.69. The van der Waals surface area contributed by atoms with E-state index in [1.54, 1.807) is 0 Å². The normalized spacial score (nSPS) is 10.3. The van der Waals surface area contributed by atoms with Crippen LogP contribution in [0.5, 0.6) is 0 Å². The van der Waals surface area contributed by atoms with Crippen molar-refractivity contribution in [3.05, 3.63) is 70.2 Å². The zero-order chi connectivity index (χ0) is 19.4. The lowest BCUT2D eigenvalue weighted by Crippen LogP contribution is -2.43. The number of benzene rings is 2. The first-order valence-corrected chi connectivity index (χ1v) is 9.64. The number of thiazole rings is 1. The molecule has 7 heteroatoms. The number of nitrogens with zero attached hydrogens (tertiary/aromatic N) is 1. The van der Waals surface area contributed by atoms with Gasteiger partial charge in [-0.15, -0.1) is 11.3 Å². The monoisotopic (exact) mass is 396 g/mol. The maximum absolute atomic E-state index is 12.5. The van der Waals surface area contributed by atoms with Crippen LogP contribution < -0.4 is 16.2 Å². The first-order valence-electron chi connectivity index (χ1n) is 8.41. The highest BCUT2D eigenvalue weighted by Gasteiger charge is 2.16. The second-order valence-electron chi connectivity index (χ2n) is 6.15. The highest BCUT2D eigenvalue weighted by atomic mass is 32.1. The summed E-state index contributed by atoms with van der Waals surface area (Å²) in [6.45, 7) is 5.83. The van der Waals surface area contributed by atoms with Crippen LogP contribution in [0.3, 0.4) is 0 Å². The molecule has 1 aromatic heterocycles. The number of rotatable bonds is 3. The first-order chi connectivity index (χ1) is 12.9. The number of aryl methyl sites for hydroxylation is 3. The number of hydrazine groups is 1. The van der Waals surface area contributed by atoms with Crippen LogP contribution >= 0.6 is 23.6 Å². The van der Waals surface area contributed by atoms with Crippen molar-refractivity contribution in [2.24, 2.45) is 0 Å². The number of carbonyl (C=O) groups is 1. The number of carbonyl (C=O) groups excluding carboxylic acids is 1. The van der Waals surface area contributed by atoms with Crippen molar-refractivity contribution in [3.63, 3.8) is 0 Å². The summed E-state index contributed by atoms with van der Waals surface area (Å²) < 4.78 is 0. The van der Waals surface area contributed by atoms with Crippen molar-refractivity contribution in [2.45, 2.75) is 20.8 Å². The summed E-state index contributed by atoms with van der Waals surface area (Å²) in [5, 5.41) is 4.23. The predicted molar refractivity (Wildman–Crippen MR) is 115 cm³/mol. The largest absolute Gasteiger partial charge is 0.331 e. The zero-order valence-electron chi connectivity index (χ0n) is 15.3. The van der Waals surface area contributed by atoms with E-state index >= 15 is 0 Å². The Morgan fingerprint density at radius 3 is 2.52 bits per heavy atom. The molecule has 0 aliphatic carbocycles. The molecule has 0 aliphatic heterocycles. The third-order valence-electron chi connectivity index (χ3n) is 3.95. The predicted octanol–water partition coefficient (Wildman–Crippen LogP) is 4.37. The number of aromatic nitrogens is 1. The van der Waals surface area contributed by atoms with Crippen molar-refractivity contribution < 1.29 is 4.79 Å². The molecule has 0 radical (unpaired) electrons. The van der Waals surface area contributed by atoms with E-state index in [1.807, 2.05) is 69.3 Å². The minimum atomic E-state index is -0.266. The molecule has 0 saturated heterocycles. The van der Waals surface area contributed by atoms with Crippen molar-refractivity contribution >= 4 is 40.3 Å². The summed E-state index contributed by atoms with van der Waals surface area (Å²) in [5.41, 5.74) is 10.2. The number of hydrogen-bond acceptors (Lipinski definition) is 4. The van der Waals surface area contributed by atoms with Crippen molar-refractivity contribution in [1.82, 2.24) is 15.8 Å². The van der Waals surface area contributed by atoms with Gasteiger partial charge in [-0.2, -0.15) is 0 Å². The van der Waals surface area contributed by atoms with Crippen LogP contribution in [0.4, 0.5) is 5.69 Å². The first kappa shape index (κ1) is 19.0. The molecule has 0 unspecified atom stereocenters. The van der Waals surface area contributed by atoms with E-state index in [4.69, 9.17) is 12.2 Å². The van der Waals surface area contributed by atoms with Gasteiger partial charge in [-0.1, -0.05) is 42.5 Å². The molecule has 3 rings (SSSR count). The topological polar surface area (TPSA) is 66.0 Å². The quantitative estimate of drug-likeness (QED) is 0.453. The van der Waals surface area contributed by atoms with Gasteiger partial charge < -0.3 is 5.32 Å². The molecule has 0 saturated carbocycles. The van der Waals surface area contributed by atoms with Gasteiger partial charge in [0.1, 0.15) is 9.88 Å². The second kappa shape index (κ2) is 8.28. The summed E-state index contributed by atoms with van der Waals surface area (Å²) in [6, 6.07) is 15.9. The van der Waals surface area contributed by atoms with Gasteiger partial charge in [-0.05, 0) is 50.2 Å². The fraction of sp³-hybridized carbons (Fsp3) is 0.150. The molecule has 0 bridgehead atoms. The lowest BCUT2D eigenvalue weighted by atomic mass is 10.1. The molecule has 1 amide bonds. The molecule has 0 aliphatic rings. The molecular weight excluding hydrogens is 376 g/mol. The van der Waals surface area contributed by atoms with Gasteiger partial charge >= 0.3 is 0 Å². The standard InChI is InChI=1S/C20H20N4OS2/c1-12-9-10-13(2)16(11-12)22-20(26)24-23-18(25)17-14(3)21-19(27-17)15-7-5-4-6-8-15/h4-11H,1-3H3,(H,23,25)(H2,22,24,26). The van der Waals surface area contributed by atoms with Crippen LogP contribution in [0.1, 0.15) is 26.5 Å². The van der Waals surface area contributed by atoms with Crippen LogP contribution in [0, 0.1) is 20.8 Å². The van der Waals surface area contributed by atoms with E-state index < -0.39 is 0 Å². The molecule has 5 nitrogen and oxygen atoms in total. The van der Waals surface area contributed by atoms with E-state index in [9.17, 15) is 4.79 Å².